The Bertz CT molecular complexity index is 302. The van der Waals surface area contributed by atoms with E-state index in [1.54, 1.807) is 12.5 Å². The van der Waals surface area contributed by atoms with Crippen LogP contribution in [0.5, 0.6) is 0 Å². The predicted octanol–water partition coefficient (Wildman–Crippen LogP) is 1.00. The van der Waals surface area contributed by atoms with Gasteiger partial charge in [-0.05, 0) is 13.0 Å². The lowest BCUT2D eigenvalue weighted by atomic mass is 10.4. The highest BCUT2D eigenvalue weighted by Gasteiger charge is 1.95. The van der Waals surface area contributed by atoms with Crippen molar-refractivity contribution in [3.05, 3.63) is 24.3 Å². The molecule has 1 aromatic heterocycles. The SMILES string of the molecule is CCn1cncc1C=CC(=O)O. The zero-order valence-corrected chi connectivity index (χ0v) is 6.77. The summed E-state index contributed by atoms with van der Waals surface area (Å²) < 4.78 is 1.86. The van der Waals surface area contributed by atoms with Gasteiger partial charge >= 0.3 is 5.97 Å². The van der Waals surface area contributed by atoms with E-state index in [0.717, 1.165) is 18.3 Å². The molecule has 0 saturated carbocycles. The van der Waals surface area contributed by atoms with Gasteiger partial charge in [0.15, 0.2) is 0 Å². The minimum atomic E-state index is -0.946. The molecule has 0 saturated heterocycles. The molecule has 0 spiro atoms. The van der Waals surface area contributed by atoms with Crippen LogP contribution in [0.3, 0.4) is 0 Å². The quantitative estimate of drug-likeness (QED) is 0.681. The third-order valence-corrected chi connectivity index (χ3v) is 1.48. The zero-order chi connectivity index (χ0) is 8.97. The van der Waals surface area contributed by atoms with Crippen LogP contribution >= 0.6 is 0 Å². The van der Waals surface area contributed by atoms with E-state index < -0.39 is 5.97 Å². The van der Waals surface area contributed by atoms with Crippen molar-refractivity contribution in [2.24, 2.45) is 0 Å². The van der Waals surface area contributed by atoms with E-state index >= 15 is 0 Å². The molecule has 64 valence electrons. The molecule has 4 heteroatoms. The lowest BCUT2D eigenvalue weighted by Gasteiger charge is -1.97. The Hall–Kier alpha value is -1.58. The van der Waals surface area contributed by atoms with Crippen molar-refractivity contribution in [1.82, 2.24) is 9.55 Å². The van der Waals surface area contributed by atoms with Crippen LogP contribution < -0.4 is 0 Å². The lowest BCUT2D eigenvalue weighted by molar-refractivity contribution is -0.131. The van der Waals surface area contributed by atoms with Crippen LogP contribution in [0, 0.1) is 0 Å². The van der Waals surface area contributed by atoms with Crippen molar-refractivity contribution in [1.29, 1.82) is 0 Å². The Morgan fingerprint density at radius 2 is 2.58 bits per heavy atom. The molecule has 1 N–H and O–H groups in total. The number of hydrogen-bond acceptors (Lipinski definition) is 2. The number of hydrogen-bond donors (Lipinski definition) is 1. The Morgan fingerprint density at radius 3 is 3.17 bits per heavy atom. The number of rotatable bonds is 3. The summed E-state index contributed by atoms with van der Waals surface area (Å²) in [6.07, 6.45) is 5.92. The summed E-state index contributed by atoms with van der Waals surface area (Å²) in [4.78, 5) is 14.1. The van der Waals surface area contributed by atoms with Gasteiger partial charge in [0, 0.05) is 12.6 Å². The van der Waals surface area contributed by atoms with Gasteiger partial charge in [-0.3, -0.25) is 0 Å². The number of imidazole rings is 1. The van der Waals surface area contributed by atoms with E-state index in [-0.39, 0.29) is 0 Å². The largest absolute Gasteiger partial charge is 0.478 e. The molecule has 0 unspecified atom stereocenters. The third kappa shape index (κ3) is 1.95. The van der Waals surface area contributed by atoms with Crippen LogP contribution in [-0.2, 0) is 11.3 Å². The molecule has 0 atom stereocenters. The minimum Gasteiger partial charge on any atom is -0.478 e. The van der Waals surface area contributed by atoms with E-state index in [2.05, 4.69) is 4.98 Å². The summed E-state index contributed by atoms with van der Waals surface area (Å²) in [5.74, 6) is -0.946. The van der Waals surface area contributed by atoms with Gasteiger partial charge in [-0.2, -0.15) is 0 Å². The maximum absolute atomic E-state index is 10.2. The van der Waals surface area contributed by atoms with Crippen molar-refractivity contribution in [2.45, 2.75) is 13.5 Å². The van der Waals surface area contributed by atoms with E-state index in [0.29, 0.717) is 0 Å². The Kier molecular flexibility index (Phi) is 2.63. The molecular weight excluding hydrogens is 156 g/mol. The highest BCUT2D eigenvalue weighted by atomic mass is 16.4. The first kappa shape index (κ1) is 8.52. The van der Waals surface area contributed by atoms with E-state index in [1.807, 2.05) is 11.5 Å². The molecular formula is C8H10N2O2. The highest BCUT2D eigenvalue weighted by Crippen LogP contribution is 2.00. The fraction of sp³-hybridized carbons (Fsp3) is 0.250. The summed E-state index contributed by atoms with van der Waals surface area (Å²) >= 11 is 0. The molecule has 0 radical (unpaired) electrons. The average Bonchev–Trinajstić information content (AvgIpc) is 2.47. The first-order chi connectivity index (χ1) is 5.74. The maximum Gasteiger partial charge on any atom is 0.328 e. The van der Waals surface area contributed by atoms with E-state index in [9.17, 15) is 4.79 Å². The second kappa shape index (κ2) is 3.71. The Labute approximate surface area is 70.2 Å². The minimum absolute atomic E-state index is 0.791. The van der Waals surface area contributed by atoms with Gasteiger partial charge in [0.05, 0.1) is 18.2 Å². The molecule has 0 aliphatic heterocycles. The van der Waals surface area contributed by atoms with Crippen LogP contribution in [-0.4, -0.2) is 20.6 Å². The van der Waals surface area contributed by atoms with Gasteiger partial charge < -0.3 is 9.67 Å². The summed E-state index contributed by atoms with van der Waals surface area (Å²) in [5, 5.41) is 8.36. The Balaban J connectivity index is 2.81. The fourth-order valence-electron chi connectivity index (χ4n) is 0.891. The molecule has 1 aromatic rings. The second-order valence-electron chi connectivity index (χ2n) is 2.28. The molecule has 1 rings (SSSR count). The predicted molar refractivity (Wildman–Crippen MR) is 44.6 cm³/mol. The molecule has 0 aromatic carbocycles. The molecule has 4 nitrogen and oxygen atoms in total. The number of carbonyl (C=O) groups is 1. The average molecular weight is 166 g/mol. The number of aromatic nitrogens is 2. The molecule has 0 aliphatic rings. The third-order valence-electron chi connectivity index (χ3n) is 1.48. The van der Waals surface area contributed by atoms with Gasteiger partial charge in [0.25, 0.3) is 0 Å². The number of carboxylic acids is 1. The van der Waals surface area contributed by atoms with Gasteiger partial charge in [-0.1, -0.05) is 0 Å². The maximum atomic E-state index is 10.2. The number of nitrogens with zero attached hydrogens (tertiary/aromatic N) is 2. The van der Waals surface area contributed by atoms with E-state index in [1.165, 1.54) is 6.08 Å². The van der Waals surface area contributed by atoms with Gasteiger partial charge in [0.2, 0.25) is 0 Å². The lowest BCUT2D eigenvalue weighted by Crippen LogP contribution is -1.94. The summed E-state index contributed by atoms with van der Waals surface area (Å²) in [5.41, 5.74) is 0.805. The fourth-order valence-corrected chi connectivity index (χ4v) is 0.891. The molecule has 0 amide bonds. The van der Waals surface area contributed by atoms with Crippen LogP contribution in [0.25, 0.3) is 6.08 Å². The van der Waals surface area contributed by atoms with Crippen molar-refractivity contribution < 1.29 is 9.90 Å². The number of aliphatic carboxylic acids is 1. The van der Waals surface area contributed by atoms with Gasteiger partial charge in [-0.15, -0.1) is 0 Å². The van der Waals surface area contributed by atoms with E-state index in [4.69, 9.17) is 5.11 Å². The molecule has 1 heterocycles. The first-order valence-electron chi connectivity index (χ1n) is 3.65. The Morgan fingerprint density at radius 1 is 1.83 bits per heavy atom. The number of carboxylic acid groups (broad SMARTS) is 1. The highest BCUT2D eigenvalue weighted by molar-refractivity contribution is 5.84. The second-order valence-corrected chi connectivity index (χ2v) is 2.28. The van der Waals surface area contributed by atoms with Crippen molar-refractivity contribution in [3.8, 4) is 0 Å². The molecule has 0 fully saturated rings. The van der Waals surface area contributed by atoms with Crippen LogP contribution in [0.1, 0.15) is 12.6 Å². The zero-order valence-electron chi connectivity index (χ0n) is 6.77. The number of aryl methyl sites for hydroxylation is 1. The van der Waals surface area contributed by atoms with Crippen LogP contribution in [0.2, 0.25) is 0 Å². The summed E-state index contributed by atoms with van der Waals surface area (Å²) in [6, 6.07) is 0. The molecule has 0 bridgehead atoms. The van der Waals surface area contributed by atoms with Crippen LogP contribution in [0.15, 0.2) is 18.6 Å². The van der Waals surface area contributed by atoms with Crippen molar-refractivity contribution in [3.63, 3.8) is 0 Å². The molecule has 12 heavy (non-hydrogen) atoms. The normalized spacial score (nSPS) is 10.8. The van der Waals surface area contributed by atoms with Gasteiger partial charge in [0.1, 0.15) is 0 Å². The van der Waals surface area contributed by atoms with Crippen molar-refractivity contribution >= 4 is 12.0 Å². The van der Waals surface area contributed by atoms with Crippen LogP contribution in [0.4, 0.5) is 0 Å². The molecule has 0 aliphatic carbocycles. The van der Waals surface area contributed by atoms with Gasteiger partial charge in [-0.25, -0.2) is 9.78 Å². The monoisotopic (exact) mass is 166 g/mol. The van der Waals surface area contributed by atoms with Crippen molar-refractivity contribution in [2.75, 3.05) is 0 Å². The smallest absolute Gasteiger partial charge is 0.328 e. The topological polar surface area (TPSA) is 55.1 Å². The summed E-state index contributed by atoms with van der Waals surface area (Å²) in [6.45, 7) is 2.76. The first-order valence-corrected chi connectivity index (χ1v) is 3.65. The standard InChI is InChI=1S/C8H10N2O2/c1-2-10-6-9-5-7(10)3-4-8(11)12/h3-6H,2H2,1H3,(H,11,12). The summed E-state index contributed by atoms with van der Waals surface area (Å²) in [7, 11) is 0.